The van der Waals surface area contributed by atoms with Crippen LogP contribution >= 0.6 is 0 Å². The quantitative estimate of drug-likeness (QED) is 0.810. The summed E-state index contributed by atoms with van der Waals surface area (Å²) in [4.78, 5) is 26.8. The van der Waals surface area contributed by atoms with E-state index < -0.39 is 5.97 Å². The summed E-state index contributed by atoms with van der Waals surface area (Å²) in [6.45, 7) is 1.84. The van der Waals surface area contributed by atoms with Crippen molar-refractivity contribution in [1.82, 2.24) is 9.47 Å². The number of fused-ring (bicyclic) bond motifs is 1. The second-order valence-corrected chi connectivity index (χ2v) is 6.53. The maximum Gasteiger partial charge on any atom is 0.337 e. The van der Waals surface area contributed by atoms with Crippen LogP contribution in [0.5, 0.6) is 0 Å². The number of hydrogen-bond donors (Lipinski definition) is 0. The highest BCUT2D eigenvalue weighted by molar-refractivity contribution is 5.95. The molecule has 5 nitrogen and oxygen atoms in total. The summed E-state index contributed by atoms with van der Waals surface area (Å²) in [6.07, 6.45) is 6.55. The Labute approximate surface area is 141 Å². The monoisotopic (exact) mass is 328 g/mol. The predicted octanol–water partition coefficient (Wildman–Crippen LogP) is 2.66. The SMILES string of the molecule is COC(=O)c1ccc2ccn(CCC3CCCCN3C)c(=O)c2c1. The van der Waals surface area contributed by atoms with E-state index in [1.54, 1.807) is 22.8 Å². The average molecular weight is 328 g/mol. The van der Waals surface area contributed by atoms with Crippen molar-refractivity contribution in [3.05, 3.63) is 46.4 Å². The largest absolute Gasteiger partial charge is 0.465 e. The van der Waals surface area contributed by atoms with Crippen molar-refractivity contribution >= 4 is 16.7 Å². The first kappa shape index (κ1) is 16.7. The smallest absolute Gasteiger partial charge is 0.337 e. The fourth-order valence-electron chi connectivity index (χ4n) is 3.50. The summed E-state index contributed by atoms with van der Waals surface area (Å²) in [5.74, 6) is -0.421. The van der Waals surface area contributed by atoms with Crippen LogP contribution in [0.25, 0.3) is 10.8 Å². The number of nitrogens with zero attached hydrogens (tertiary/aromatic N) is 2. The van der Waals surface area contributed by atoms with Crippen LogP contribution in [0.4, 0.5) is 0 Å². The van der Waals surface area contributed by atoms with Crippen molar-refractivity contribution in [2.24, 2.45) is 0 Å². The molecule has 0 aliphatic carbocycles. The van der Waals surface area contributed by atoms with Crippen molar-refractivity contribution in [2.75, 3.05) is 20.7 Å². The number of aromatic nitrogens is 1. The Morgan fingerprint density at radius 2 is 2.12 bits per heavy atom. The maximum absolute atomic E-state index is 12.7. The predicted molar refractivity (Wildman–Crippen MR) is 94.4 cm³/mol. The summed E-state index contributed by atoms with van der Waals surface area (Å²) in [5.41, 5.74) is 0.364. The Bertz CT molecular complexity index is 797. The molecule has 0 N–H and O–H groups in total. The van der Waals surface area contributed by atoms with Gasteiger partial charge in [0, 0.05) is 24.2 Å². The highest BCUT2D eigenvalue weighted by Gasteiger charge is 2.18. The minimum atomic E-state index is -0.421. The van der Waals surface area contributed by atoms with Crippen molar-refractivity contribution in [2.45, 2.75) is 38.3 Å². The number of methoxy groups -OCH3 is 1. The van der Waals surface area contributed by atoms with Gasteiger partial charge >= 0.3 is 5.97 Å². The standard InChI is InChI=1S/C19H24N2O3/c1-20-10-4-3-5-16(20)9-12-21-11-8-14-6-7-15(19(23)24-2)13-17(14)18(21)22/h6-8,11,13,16H,3-5,9-10,12H2,1-2H3. The summed E-state index contributed by atoms with van der Waals surface area (Å²) >= 11 is 0. The molecular weight excluding hydrogens is 304 g/mol. The van der Waals surface area contributed by atoms with Crippen LogP contribution in [0.2, 0.25) is 0 Å². The van der Waals surface area contributed by atoms with E-state index in [-0.39, 0.29) is 5.56 Å². The number of esters is 1. The van der Waals surface area contributed by atoms with Crippen molar-refractivity contribution in [3.63, 3.8) is 0 Å². The maximum atomic E-state index is 12.7. The molecule has 1 unspecified atom stereocenters. The molecule has 5 heteroatoms. The first-order valence-electron chi connectivity index (χ1n) is 8.52. The number of rotatable bonds is 4. The Morgan fingerprint density at radius 3 is 2.88 bits per heavy atom. The molecule has 128 valence electrons. The lowest BCUT2D eigenvalue weighted by atomic mass is 10.00. The highest BCUT2D eigenvalue weighted by atomic mass is 16.5. The van der Waals surface area contributed by atoms with E-state index in [1.165, 1.54) is 26.4 Å². The van der Waals surface area contributed by atoms with Gasteiger partial charge in [0.1, 0.15) is 0 Å². The van der Waals surface area contributed by atoms with Gasteiger partial charge in [-0.05, 0) is 56.4 Å². The lowest BCUT2D eigenvalue weighted by molar-refractivity contribution is 0.0601. The van der Waals surface area contributed by atoms with Gasteiger partial charge in [-0.25, -0.2) is 4.79 Å². The Kier molecular flexibility index (Phi) is 5.00. The molecule has 2 aromatic rings. The number of aryl methyl sites for hydroxylation is 1. The van der Waals surface area contributed by atoms with Gasteiger partial charge in [0.15, 0.2) is 0 Å². The number of hydrogen-bond acceptors (Lipinski definition) is 4. The Morgan fingerprint density at radius 1 is 1.29 bits per heavy atom. The van der Waals surface area contributed by atoms with Crippen LogP contribution in [0.15, 0.2) is 35.3 Å². The van der Waals surface area contributed by atoms with Crippen molar-refractivity contribution in [1.29, 1.82) is 0 Å². The topological polar surface area (TPSA) is 51.5 Å². The van der Waals surface area contributed by atoms with E-state index in [4.69, 9.17) is 4.74 Å². The molecule has 1 aromatic heterocycles. The summed E-state index contributed by atoms with van der Waals surface area (Å²) in [5, 5.41) is 1.41. The third-order valence-corrected chi connectivity index (χ3v) is 5.02. The van der Waals surface area contributed by atoms with E-state index in [2.05, 4.69) is 11.9 Å². The average Bonchev–Trinajstić information content (AvgIpc) is 2.61. The lowest BCUT2D eigenvalue weighted by Crippen LogP contribution is -2.37. The molecule has 0 bridgehead atoms. The molecule has 24 heavy (non-hydrogen) atoms. The number of pyridine rings is 1. The highest BCUT2D eigenvalue weighted by Crippen LogP contribution is 2.18. The molecular formula is C19H24N2O3. The second-order valence-electron chi connectivity index (χ2n) is 6.53. The third kappa shape index (κ3) is 3.36. The molecule has 1 atom stereocenters. The molecule has 0 spiro atoms. The Hall–Kier alpha value is -2.14. The van der Waals surface area contributed by atoms with E-state index in [0.717, 1.165) is 18.4 Å². The molecule has 2 heterocycles. The van der Waals surface area contributed by atoms with Gasteiger partial charge in [0.25, 0.3) is 5.56 Å². The van der Waals surface area contributed by atoms with Crippen molar-refractivity contribution < 1.29 is 9.53 Å². The van der Waals surface area contributed by atoms with Gasteiger partial charge in [-0.2, -0.15) is 0 Å². The van der Waals surface area contributed by atoms with Crippen LogP contribution < -0.4 is 5.56 Å². The van der Waals surface area contributed by atoms with E-state index in [1.807, 2.05) is 12.3 Å². The van der Waals surface area contributed by atoms with E-state index in [0.29, 0.717) is 23.5 Å². The van der Waals surface area contributed by atoms with Gasteiger partial charge in [0.2, 0.25) is 0 Å². The molecule has 1 aromatic carbocycles. The molecule has 0 saturated carbocycles. The molecule has 3 rings (SSSR count). The zero-order chi connectivity index (χ0) is 17.1. The van der Waals surface area contributed by atoms with Crippen molar-refractivity contribution in [3.8, 4) is 0 Å². The molecule has 1 saturated heterocycles. The molecule has 0 radical (unpaired) electrons. The zero-order valence-electron chi connectivity index (χ0n) is 14.3. The van der Waals surface area contributed by atoms with Crippen LogP contribution in [0.1, 0.15) is 36.0 Å². The fourth-order valence-corrected chi connectivity index (χ4v) is 3.50. The van der Waals surface area contributed by atoms with Crippen LogP contribution in [0, 0.1) is 0 Å². The van der Waals surface area contributed by atoms with Gasteiger partial charge in [-0.3, -0.25) is 4.79 Å². The van der Waals surface area contributed by atoms with Crippen LogP contribution in [-0.2, 0) is 11.3 Å². The van der Waals surface area contributed by atoms with Gasteiger partial charge in [-0.1, -0.05) is 12.5 Å². The normalized spacial score (nSPS) is 18.7. The number of carbonyl (C=O) groups excluding carboxylic acids is 1. The molecule has 1 fully saturated rings. The number of carbonyl (C=O) groups is 1. The number of likely N-dealkylation sites (tertiary alicyclic amines) is 1. The van der Waals surface area contributed by atoms with Crippen LogP contribution in [0.3, 0.4) is 0 Å². The number of benzene rings is 1. The van der Waals surface area contributed by atoms with Crippen LogP contribution in [-0.4, -0.2) is 42.2 Å². The molecule has 1 aliphatic heterocycles. The zero-order valence-corrected chi connectivity index (χ0v) is 14.3. The number of ether oxygens (including phenoxy) is 1. The number of piperidine rings is 1. The summed E-state index contributed by atoms with van der Waals surface area (Å²) < 4.78 is 6.50. The molecule has 1 aliphatic rings. The van der Waals surface area contributed by atoms with Gasteiger partial charge in [0.05, 0.1) is 12.7 Å². The first-order chi connectivity index (χ1) is 11.6. The Balaban J connectivity index is 1.84. The minimum Gasteiger partial charge on any atom is -0.465 e. The fraction of sp³-hybridized carbons (Fsp3) is 0.474. The lowest BCUT2D eigenvalue weighted by Gasteiger charge is -2.32. The van der Waals surface area contributed by atoms with E-state index in [9.17, 15) is 9.59 Å². The summed E-state index contributed by atoms with van der Waals surface area (Å²) in [7, 11) is 3.51. The molecule has 0 amide bonds. The second kappa shape index (κ2) is 7.18. The van der Waals surface area contributed by atoms with Gasteiger partial charge in [-0.15, -0.1) is 0 Å². The third-order valence-electron chi connectivity index (χ3n) is 5.02. The minimum absolute atomic E-state index is 0.0447. The van der Waals surface area contributed by atoms with E-state index >= 15 is 0 Å². The van der Waals surface area contributed by atoms with Gasteiger partial charge < -0.3 is 14.2 Å². The first-order valence-corrected chi connectivity index (χ1v) is 8.52. The summed E-state index contributed by atoms with van der Waals surface area (Å²) in [6, 6.07) is 7.59.